The minimum atomic E-state index is -2.16. The summed E-state index contributed by atoms with van der Waals surface area (Å²) in [5.74, 6) is -2.35. The van der Waals surface area contributed by atoms with E-state index in [1.165, 1.54) is 0 Å². The summed E-state index contributed by atoms with van der Waals surface area (Å²) in [7, 11) is 0. The normalized spacial score (nSPS) is 20.2. The van der Waals surface area contributed by atoms with Crippen LogP contribution in [0.3, 0.4) is 0 Å². The predicted molar refractivity (Wildman–Crippen MR) is 88.2 cm³/mol. The van der Waals surface area contributed by atoms with Crippen molar-refractivity contribution in [2.45, 2.75) is 48.8 Å². The summed E-state index contributed by atoms with van der Waals surface area (Å²) in [6, 6.07) is 0. The fourth-order valence-corrected chi connectivity index (χ4v) is 1.94. The van der Waals surface area contributed by atoms with Crippen molar-refractivity contribution < 1.29 is 60.7 Å². The lowest BCUT2D eigenvalue weighted by molar-refractivity contribution is -0.150. The van der Waals surface area contributed by atoms with E-state index in [-0.39, 0.29) is 13.1 Å². The van der Waals surface area contributed by atoms with Crippen molar-refractivity contribution in [2.24, 2.45) is 0 Å². The van der Waals surface area contributed by atoms with Crippen LogP contribution in [0.4, 0.5) is 0 Å². The molecule has 2 amide bonds. The van der Waals surface area contributed by atoms with Crippen molar-refractivity contribution >= 4 is 11.8 Å². The van der Waals surface area contributed by atoms with Crippen LogP contribution in [0.1, 0.15) is 0 Å². The van der Waals surface area contributed by atoms with Crippen molar-refractivity contribution in [3.8, 4) is 0 Å². The van der Waals surface area contributed by atoms with Gasteiger partial charge in [0.15, 0.2) is 12.2 Å². The Morgan fingerprint density at radius 2 is 0.857 bits per heavy atom. The van der Waals surface area contributed by atoms with Crippen molar-refractivity contribution in [2.75, 3.05) is 26.3 Å². The Hall–Kier alpha value is -1.46. The second-order valence-electron chi connectivity index (χ2n) is 5.93. The van der Waals surface area contributed by atoms with E-state index in [0.29, 0.717) is 0 Å². The van der Waals surface area contributed by atoms with Gasteiger partial charge in [0.2, 0.25) is 0 Å². The summed E-state index contributed by atoms with van der Waals surface area (Å²) in [6.07, 6.45) is -16.1. The lowest BCUT2D eigenvalue weighted by atomic mass is 10.0. The number of aliphatic hydroxyl groups is 10. The second-order valence-corrected chi connectivity index (χ2v) is 5.93. The van der Waals surface area contributed by atoms with Crippen LogP contribution in [0.2, 0.25) is 0 Å². The standard InChI is InChI=1S/C14H28N2O12/c17-3-5(19)7(21)9(23)11(25)13(27)15-1-2-16-14(28)12(26)10(24)8(22)6(20)4-18/h5-12,17-26H,1-4H2,(H,15,27)(H,16,28)/t5-,6-,7-,8-,9+,10+,11-,12-/m1/s1. The Morgan fingerprint density at radius 1 is 0.571 bits per heavy atom. The molecule has 0 spiro atoms. The smallest absolute Gasteiger partial charge is 0.251 e. The molecule has 0 rings (SSSR count). The second kappa shape index (κ2) is 12.9. The molecule has 12 N–H and O–H groups in total. The highest BCUT2D eigenvalue weighted by Crippen LogP contribution is 2.06. The number of hydrogen-bond acceptors (Lipinski definition) is 12. The highest BCUT2D eigenvalue weighted by molar-refractivity contribution is 5.82. The average Bonchev–Trinajstić information content (AvgIpc) is 2.71. The topological polar surface area (TPSA) is 260 Å². The van der Waals surface area contributed by atoms with Gasteiger partial charge in [0.1, 0.15) is 36.6 Å². The quantitative estimate of drug-likeness (QED) is 0.125. The number of hydrogen-bond donors (Lipinski definition) is 12. The predicted octanol–water partition coefficient (Wildman–Crippen LogP) is -7.91. The molecule has 0 bridgehead atoms. The van der Waals surface area contributed by atoms with E-state index in [9.17, 15) is 40.2 Å². The maximum Gasteiger partial charge on any atom is 0.251 e. The zero-order valence-electron chi connectivity index (χ0n) is 14.7. The molecule has 0 unspecified atom stereocenters. The molecule has 0 radical (unpaired) electrons. The minimum absolute atomic E-state index is 0.322. The minimum Gasteiger partial charge on any atom is -0.394 e. The molecule has 8 atom stereocenters. The van der Waals surface area contributed by atoms with Crippen LogP contribution in [0.25, 0.3) is 0 Å². The first-order chi connectivity index (χ1) is 13.0. The first kappa shape index (κ1) is 26.5. The van der Waals surface area contributed by atoms with E-state index in [0.717, 1.165) is 0 Å². The summed E-state index contributed by atoms with van der Waals surface area (Å²) in [5.41, 5.74) is 0. The summed E-state index contributed by atoms with van der Waals surface area (Å²) >= 11 is 0. The first-order valence-electron chi connectivity index (χ1n) is 8.21. The third-order valence-corrected chi connectivity index (χ3v) is 3.77. The van der Waals surface area contributed by atoms with Gasteiger partial charge in [-0.2, -0.15) is 0 Å². The van der Waals surface area contributed by atoms with Gasteiger partial charge in [0, 0.05) is 13.1 Å². The number of nitrogens with one attached hydrogen (secondary N) is 2. The monoisotopic (exact) mass is 416 g/mol. The zero-order chi connectivity index (χ0) is 22.0. The highest BCUT2D eigenvalue weighted by Gasteiger charge is 2.35. The van der Waals surface area contributed by atoms with E-state index < -0.39 is 73.9 Å². The Labute approximate surface area is 159 Å². The molecular formula is C14H28N2O12. The number of aliphatic hydroxyl groups excluding tert-OH is 10. The van der Waals surface area contributed by atoms with Gasteiger partial charge in [-0.05, 0) is 0 Å². The van der Waals surface area contributed by atoms with E-state index in [4.69, 9.17) is 20.4 Å². The molecule has 0 aromatic carbocycles. The molecule has 0 saturated carbocycles. The lowest BCUT2D eigenvalue weighted by Crippen LogP contribution is -2.53. The number of carbonyl (C=O) groups is 2. The zero-order valence-corrected chi connectivity index (χ0v) is 14.7. The molecule has 14 heteroatoms. The van der Waals surface area contributed by atoms with Gasteiger partial charge >= 0.3 is 0 Å². The Bertz CT molecular complexity index is 439. The SMILES string of the molecule is O=C(NCCNC(=O)[C@H](O)[C@@H](O)[C@H](O)[C@H](O)CO)[C@H](O)[C@@H](O)[C@H](O)[C@H](O)CO. The maximum atomic E-state index is 11.6. The van der Waals surface area contributed by atoms with Gasteiger partial charge in [-0.1, -0.05) is 0 Å². The molecule has 0 aromatic heterocycles. The third-order valence-electron chi connectivity index (χ3n) is 3.77. The van der Waals surface area contributed by atoms with Gasteiger partial charge in [0.05, 0.1) is 13.2 Å². The Kier molecular flexibility index (Phi) is 12.2. The van der Waals surface area contributed by atoms with Crippen LogP contribution in [-0.4, -0.2) is 138 Å². The number of amides is 2. The lowest BCUT2D eigenvalue weighted by Gasteiger charge is -2.25. The van der Waals surface area contributed by atoms with Gasteiger partial charge in [-0.15, -0.1) is 0 Å². The largest absolute Gasteiger partial charge is 0.394 e. The molecule has 166 valence electrons. The molecule has 0 aliphatic carbocycles. The number of rotatable bonds is 13. The van der Waals surface area contributed by atoms with Crippen molar-refractivity contribution in [1.82, 2.24) is 10.6 Å². The van der Waals surface area contributed by atoms with Crippen LogP contribution in [0.15, 0.2) is 0 Å². The molecule has 14 nitrogen and oxygen atoms in total. The van der Waals surface area contributed by atoms with Gasteiger partial charge in [-0.3, -0.25) is 9.59 Å². The van der Waals surface area contributed by atoms with E-state index in [1.54, 1.807) is 0 Å². The fourth-order valence-electron chi connectivity index (χ4n) is 1.94. The fraction of sp³-hybridized carbons (Fsp3) is 0.857. The van der Waals surface area contributed by atoms with Crippen LogP contribution in [0.5, 0.6) is 0 Å². The van der Waals surface area contributed by atoms with Crippen LogP contribution < -0.4 is 10.6 Å². The molecular weight excluding hydrogens is 388 g/mol. The average molecular weight is 416 g/mol. The van der Waals surface area contributed by atoms with Crippen molar-refractivity contribution in [1.29, 1.82) is 0 Å². The molecule has 0 aliphatic heterocycles. The van der Waals surface area contributed by atoms with E-state index in [2.05, 4.69) is 10.6 Å². The molecule has 0 heterocycles. The molecule has 0 saturated heterocycles. The summed E-state index contributed by atoms with van der Waals surface area (Å²) < 4.78 is 0. The highest BCUT2D eigenvalue weighted by atomic mass is 16.4. The molecule has 0 aromatic rings. The third kappa shape index (κ3) is 7.88. The molecule has 0 fully saturated rings. The van der Waals surface area contributed by atoms with E-state index >= 15 is 0 Å². The van der Waals surface area contributed by atoms with Crippen LogP contribution in [-0.2, 0) is 9.59 Å². The van der Waals surface area contributed by atoms with Gasteiger partial charge < -0.3 is 61.7 Å². The molecule has 0 aliphatic rings. The Morgan fingerprint density at radius 3 is 1.11 bits per heavy atom. The molecule has 28 heavy (non-hydrogen) atoms. The van der Waals surface area contributed by atoms with Crippen molar-refractivity contribution in [3.05, 3.63) is 0 Å². The van der Waals surface area contributed by atoms with Crippen LogP contribution >= 0.6 is 0 Å². The van der Waals surface area contributed by atoms with Crippen LogP contribution in [0, 0.1) is 0 Å². The Balaban J connectivity index is 4.36. The number of carbonyl (C=O) groups excluding carboxylic acids is 2. The summed E-state index contributed by atoms with van der Waals surface area (Å²) in [6.45, 7) is -2.48. The van der Waals surface area contributed by atoms with E-state index in [1.807, 2.05) is 0 Å². The van der Waals surface area contributed by atoms with Gasteiger partial charge in [0.25, 0.3) is 11.8 Å². The summed E-state index contributed by atoms with van der Waals surface area (Å²) in [4.78, 5) is 23.2. The first-order valence-corrected chi connectivity index (χ1v) is 8.21. The maximum absolute atomic E-state index is 11.6. The van der Waals surface area contributed by atoms with Gasteiger partial charge in [-0.25, -0.2) is 0 Å². The van der Waals surface area contributed by atoms with Crippen molar-refractivity contribution in [3.63, 3.8) is 0 Å². The summed E-state index contributed by atoms with van der Waals surface area (Å²) in [5, 5.41) is 96.7.